The Hall–Kier alpha value is -1.09. The molecule has 0 aromatic carbocycles. The molecule has 0 aliphatic carbocycles. The number of fused-ring (bicyclic) bond motifs is 1. The van der Waals surface area contributed by atoms with Crippen LogP contribution < -0.4 is 0 Å². The van der Waals surface area contributed by atoms with Crippen molar-refractivity contribution in [3.8, 4) is 0 Å². The average molecular weight is 393 g/mol. The summed E-state index contributed by atoms with van der Waals surface area (Å²) in [4.78, 5) is 20.6. The Morgan fingerprint density at radius 1 is 1.53 bits per heavy atom. The van der Waals surface area contributed by atoms with Crippen molar-refractivity contribution in [3.63, 3.8) is 0 Å². The van der Waals surface area contributed by atoms with E-state index in [1.165, 1.54) is 11.2 Å². The minimum atomic E-state index is -0.874. The van der Waals surface area contributed by atoms with Crippen molar-refractivity contribution in [2.75, 3.05) is 13.1 Å². The van der Waals surface area contributed by atoms with E-state index in [9.17, 15) is 4.79 Å². The highest BCUT2D eigenvalue weighted by Crippen LogP contribution is 2.31. The summed E-state index contributed by atoms with van der Waals surface area (Å²) in [7, 11) is 0. The van der Waals surface area contributed by atoms with Crippen molar-refractivity contribution in [1.82, 2.24) is 19.4 Å². The molecule has 8 heteroatoms. The van der Waals surface area contributed by atoms with Crippen molar-refractivity contribution in [2.45, 2.75) is 12.5 Å². The summed E-state index contributed by atoms with van der Waals surface area (Å²) in [5, 5.41) is 10.3. The highest BCUT2D eigenvalue weighted by atomic mass is 127. The minimum absolute atomic E-state index is 0.105. The molecule has 1 aliphatic heterocycles. The third-order valence-electron chi connectivity index (χ3n) is 3.34. The predicted molar refractivity (Wildman–Crippen MR) is 78.5 cm³/mol. The summed E-state index contributed by atoms with van der Waals surface area (Å²) >= 11 is 8.28. The molecule has 1 fully saturated rings. The predicted octanol–water partition coefficient (Wildman–Crippen LogP) is 2.61. The molecule has 1 N–H and O–H groups in total. The van der Waals surface area contributed by atoms with Gasteiger partial charge in [0, 0.05) is 22.9 Å². The molecule has 0 unspecified atom stereocenters. The van der Waals surface area contributed by atoms with Crippen LogP contribution in [0.25, 0.3) is 11.0 Å². The maximum atomic E-state index is 11.0. The van der Waals surface area contributed by atoms with Crippen LogP contribution in [-0.2, 0) is 0 Å². The number of likely N-dealkylation sites (tertiary alicyclic amines) is 1. The van der Waals surface area contributed by atoms with Crippen molar-refractivity contribution in [3.05, 3.63) is 21.2 Å². The lowest BCUT2D eigenvalue weighted by molar-refractivity contribution is 0.154. The Morgan fingerprint density at radius 3 is 3.00 bits per heavy atom. The van der Waals surface area contributed by atoms with Gasteiger partial charge in [0.05, 0.1) is 11.4 Å². The van der Waals surface area contributed by atoms with Gasteiger partial charge in [-0.2, -0.15) is 0 Å². The first-order valence-corrected chi connectivity index (χ1v) is 7.18. The molecule has 2 aromatic rings. The fourth-order valence-corrected chi connectivity index (χ4v) is 3.61. The summed E-state index contributed by atoms with van der Waals surface area (Å²) in [5.74, 6) is 0. The molecule has 3 rings (SSSR count). The van der Waals surface area contributed by atoms with E-state index in [4.69, 9.17) is 16.7 Å². The lowest BCUT2D eigenvalue weighted by Crippen LogP contribution is -2.27. The van der Waals surface area contributed by atoms with Crippen LogP contribution in [0, 0.1) is 3.57 Å². The Morgan fingerprint density at radius 2 is 2.32 bits per heavy atom. The molecule has 2 aromatic heterocycles. The molecule has 19 heavy (non-hydrogen) atoms. The SMILES string of the molecule is O=C(O)N1CC[C@@H](n2cc(I)c3c(Cl)ncnc32)C1. The molecule has 6 nitrogen and oxygen atoms in total. The molecule has 0 bridgehead atoms. The van der Waals surface area contributed by atoms with Crippen LogP contribution in [0.15, 0.2) is 12.5 Å². The maximum absolute atomic E-state index is 11.0. The van der Waals surface area contributed by atoms with Crippen LogP contribution in [0.5, 0.6) is 0 Å². The van der Waals surface area contributed by atoms with Crippen LogP contribution >= 0.6 is 34.2 Å². The topological polar surface area (TPSA) is 71.2 Å². The first-order chi connectivity index (χ1) is 9.08. The van der Waals surface area contributed by atoms with Crippen molar-refractivity contribution < 1.29 is 9.90 Å². The van der Waals surface area contributed by atoms with E-state index in [1.54, 1.807) is 0 Å². The number of aromatic nitrogens is 3. The van der Waals surface area contributed by atoms with Gasteiger partial charge in [0.25, 0.3) is 0 Å². The van der Waals surface area contributed by atoms with Gasteiger partial charge < -0.3 is 14.6 Å². The first kappa shape index (κ1) is 12.9. The van der Waals surface area contributed by atoms with Gasteiger partial charge in [-0.25, -0.2) is 14.8 Å². The summed E-state index contributed by atoms with van der Waals surface area (Å²) in [5.41, 5.74) is 0.765. The van der Waals surface area contributed by atoms with Crippen LogP contribution in [-0.4, -0.2) is 43.7 Å². The monoisotopic (exact) mass is 392 g/mol. The average Bonchev–Trinajstić information content (AvgIpc) is 2.95. The van der Waals surface area contributed by atoms with Crippen LogP contribution in [0.4, 0.5) is 4.79 Å². The normalized spacial score (nSPS) is 19.3. The Labute approximate surface area is 127 Å². The number of rotatable bonds is 1. The van der Waals surface area contributed by atoms with E-state index in [-0.39, 0.29) is 6.04 Å². The van der Waals surface area contributed by atoms with Crippen LogP contribution in [0.2, 0.25) is 5.15 Å². The molecule has 1 atom stereocenters. The number of amides is 1. The molecular weight excluding hydrogens is 383 g/mol. The Kier molecular flexibility index (Phi) is 3.25. The summed E-state index contributed by atoms with van der Waals surface area (Å²) in [6.45, 7) is 1.03. The number of hydrogen-bond acceptors (Lipinski definition) is 3. The molecule has 1 saturated heterocycles. The zero-order valence-corrected chi connectivity index (χ0v) is 12.7. The second kappa shape index (κ2) is 4.78. The molecule has 100 valence electrons. The van der Waals surface area contributed by atoms with Gasteiger partial charge in [-0.05, 0) is 29.0 Å². The van der Waals surface area contributed by atoms with Gasteiger partial charge in [0.15, 0.2) is 0 Å². The molecular formula is C11H10ClIN4O2. The van der Waals surface area contributed by atoms with E-state index < -0.39 is 6.09 Å². The van der Waals surface area contributed by atoms with Crippen molar-refractivity contribution >= 4 is 51.3 Å². The number of hydrogen-bond donors (Lipinski definition) is 1. The van der Waals surface area contributed by atoms with E-state index in [2.05, 4.69) is 32.6 Å². The van der Waals surface area contributed by atoms with Gasteiger partial charge in [-0.3, -0.25) is 0 Å². The van der Waals surface area contributed by atoms with Gasteiger partial charge in [0.1, 0.15) is 17.1 Å². The quantitative estimate of drug-likeness (QED) is 0.598. The smallest absolute Gasteiger partial charge is 0.407 e. The van der Waals surface area contributed by atoms with Gasteiger partial charge in [-0.15, -0.1) is 0 Å². The lowest BCUT2D eigenvalue weighted by Gasteiger charge is -2.14. The van der Waals surface area contributed by atoms with Crippen LogP contribution in [0.1, 0.15) is 12.5 Å². The standard InChI is InChI=1S/C11H10ClIN4O2/c12-9-8-7(13)4-17(10(8)15-5-14-9)6-1-2-16(3-6)11(18)19/h4-6H,1-3H2,(H,18,19)/t6-/m1/s1. The summed E-state index contributed by atoms with van der Waals surface area (Å²) in [6.07, 6.45) is 3.30. The fourth-order valence-electron chi connectivity index (χ4n) is 2.43. The van der Waals surface area contributed by atoms with Gasteiger partial charge in [-0.1, -0.05) is 11.6 Å². The molecule has 0 spiro atoms. The number of nitrogens with zero attached hydrogens (tertiary/aromatic N) is 4. The maximum Gasteiger partial charge on any atom is 0.407 e. The molecule has 1 amide bonds. The largest absolute Gasteiger partial charge is 0.465 e. The van der Waals surface area contributed by atoms with Crippen molar-refractivity contribution in [2.24, 2.45) is 0 Å². The highest BCUT2D eigenvalue weighted by Gasteiger charge is 2.28. The Balaban J connectivity index is 2.03. The lowest BCUT2D eigenvalue weighted by atomic mass is 10.2. The van der Waals surface area contributed by atoms with E-state index in [0.717, 1.165) is 21.0 Å². The zero-order valence-electron chi connectivity index (χ0n) is 9.75. The highest BCUT2D eigenvalue weighted by molar-refractivity contribution is 14.1. The number of carbonyl (C=O) groups is 1. The van der Waals surface area contributed by atoms with Crippen molar-refractivity contribution in [1.29, 1.82) is 0 Å². The van der Waals surface area contributed by atoms with Gasteiger partial charge >= 0.3 is 6.09 Å². The van der Waals surface area contributed by atoms with E-state index in [1.807, 2.05) is 10.8 Å². The molecule has 1 aliphatic rings. The second-order valence-corrected chi connectivity index (χ2v) is 5.94. The summed E-state index contributed by atoms with van der Waals surface area (Å²) < 4.78 is 2.99. The molecule has 0 radical (unpaired) electrons. The van der Waals surface area contributed by atoms with Crippen LogP contribution in [0.3, 0.4) is 0 Å². The second-order valence-electron chi connectivity index (χ2n) is 4.42. The molecule has 3 heterocycles. The third kappa shape index (κ3) is 2.14. The number of halogens is 2. The zero-order chi connectivity index (χ0) is 13.6. The first-order valence-electron chi connectivity index (χ1n) is 5.72. The van der Waals surface area contributed by atoms with E-state index >= 15 is 0 Å². The number of carboxylic acid groups (broad SMARTS) is 1. The third-order valence-corrected chi connectivity index (χ3v) is 4.45. The minimum Gasteiger partial charge on any atom is -0.465 e. The fraction of sp³-hybridized carbons (Fsp3) is 0.364. The summed E-state index contributed by atoms with van der Waals surface area (Å²) in [6, 6.07) is 0.105. The van der Waals surface area contributed by atoms with Gasteiger partial charge in [0.2, 0.25) is 0 Å². The Bertz CT molecular complexity index is 659. The molecule has 0 saturated carbocycles. The van der Waals surface area contributed by atoms with E-state index in [0.29, 0.717) is 18.2 Å².